The summed E-state index contributed by atoms with van der Waals surface area (Å²) in [7, 11) is 0. The third-order valence-corrected chi connectivity index (χ3v) is 3.58. The van der Waals surface area contributed by atoms with Crippen LogP contribution in [-0.2, 0) is 20.9 Å². The number of Topliss-reactive ketones (excluding diaryl/α,β-unsaturated/α-hetero) is 1. The van der Waals surface area contributed by atoms with E-state index in [4.69, 9.17) is 4.74 Å². The second-order valence-corrected chi connectivity index (χ2v) is 5.26. The number of carbonyl (C=O) groups excluding carboxylic acids is 2. The molecule has 106 valence electrons. The first-order valence-corrected chi connectivity index (χ1v) is 7.45. The van der Waals surface area contributed by atoms with Gasteiger partial charge in [0, 0.05) is 17.8 Å². The van der Waals surface area contributed by atoms with Crippen molar-refractivity contribution in [2.75, 3.05) is 19.7 Å². The topological polar surface area (TPSA) is 46.6 Å². The molecule has 0 fully saturated rings. The molecule has 0 saturated carbocycles. The van der Waals surface area contributed by atoms with Gasteiger partial charge in [-0.2, -0.15) is 0 Å². The van der Waals surface area contributed by atoms with Crippen molar-refractivity contribution in [3.63, 3.8) is 0 Å². The summed E-state index contributed by atoms with van der Waals surface area (Å²) in [4.78, 5) is 26.3. The van der Waals surface area contributed by atoms with E-state index in [0.29, 0.717) is 13.2 Å². The average molecular weight is 283 g/mol. The third kappa shape index (κ3) is 6.50. The van der Waals surface area contributed by atoms with Gasteiger partial charge in [0.25, 0.3) is 0 Å². The Hall–Kier alpha value is -1.20. The smallest absolute Gasteiger partial charge is 0.306 e. The van der Waals surface area contributed by atoms with Crippen LogP contribution in [-0.4, -0.2) is 36.3 Å². The van der Waals surface area contributed by atoms with Crippen LogP contribution in [0.5, 0.6) is 0 Å². The lowest BCUT2D eigenvalue weighted by Crippen LogP contribution is -2.29. The van der Waals surface area contributed by atoms with E-state index in [2.05, 4.69) is 11.0 Å². The van der Waals surface area contributed by atoms with Gasteiger partial charge in [-0.1, -0.05) is 13.0 Å². The summed E-state index contributed by atoms with van der Waals surface area (Å²) in [6.45, 7) is 6.18. The first kappa shape index (κ1) is 15.9. The first-order valence-electron chi connectivity index (χ1n) is 6.57. The molecule has 0 bridgehead atoms. The SMILES string of the molecule is CCOC(=O)CCC(=O)CN(CC)Cc1cccs1. The fourth-order valence-corrected chi connectivity index (χ4v) is 2.45. The molecule has 5 heteroatoms. The van der Waals surface area contributed by atoms with E-state index in [-0.39, 0.29) is 24.6 Å². The van der Waals surface area contributed by atoms with Gasteiger partial charge in [0.2, 0.25) is 0 Å². The molecule has 0 aliphatic carbocycles. The number of rotatable bonds is 9. The Bertz CT molecular complexity index is 389. The molecular formula is C14H21NO3S. The normalized spacial score (nSPS) is 10.7. The quantitative estimate of drug-likeness (QED) is 0.653. The van der Waals surface area contributed by atoms with Gasteiger partial charge < -0.3 is 4.74 Å². The van der Waals surface area contributed by atoms with Crippen molar-refractivity contribution in [3.05, 3.63) is 22.4 Å². The minimum atomic E-state index is -0.294. The molecule has 0 atom stereocenters. The van der Waals surface area contributed by atoms with Crippen molar-refractivity contribution >= 4 is 23.1 Å². The molecule has 0 radical (unpaired) electrons. The Labute approximate surface area is 118 Å². The Morgan fingerprint density at radius 1 is 1.32 bits per heavy atom. The molecule has 0 saturated heterocycles. The highest BCUT2D eigenvalue weighted by molar-refractivity contribution is 7.09. The van der Waals surface area contributed by atoms with Crippen LogP contribution in [0, 0.1) is 0 Å². The van der Waals surface area contributed by atoms with Crippen molar-refractivity contribution in [1.82, 2.24) is 4.90 Å². The summed E-state index contributed by atoms with van der Waals surface area (Å²) in [5.41, 5.74) is 0. The number of hydrogen-bond acceptors (Lipinski definition) is 5. The lowest BCUT2D eigenvalue weighted by molar-refractivity contribution is -0.144. The van der Waals surface area contributed by atoms with Gasteiger partial charge in [0.1, 0.15) is 5.78 Å². The van der Waals surface area contributed by atoms with Gasteiger partial charge in [0.15, 0.2) is 0 Å². The third-order valence-electron chi connectivity index (χ3n) is 2.72. The molecule has 1 heterocycles. The largest absolute Gasteiger partial charge is 0.466 e. The number of carbonyl (C=O) groups is 2. The molecule has 1 aromatic rings. The van der Waals surface area contributed by atoms with E-state index in [1.54, 1.807) is 18.3 Å². The van der Waals surface area contributed by atoms with Crippen LogP contribution in [0.2, 0.25) is 0 Å². The standard InChI is InChI=1S/C14H21NO3S/c1-3-15(11-13-6-5-9-19-13)10-12(16)7-8-14(17)18-4-2/h5-6,9H,3-4,7-8,10-11H2,1-2H3. The van der Waals surface area contributed by atoms with E-state index in [1.807, 2.05) is 18.4 Å². The number of nitrogens with zero attached hydrogens (tertiary/aromatic N) is 1. The van der Waals surface area contributed by atoms with Gasteiger partial charge in [-0.15, -0.1) is 11.3 Å². The fraction of sp³-hybridized carbons (Fsp3) is 0.571. The van der Waals surface area contributed by atoms with Gasteiger partial charge >= 0.3 is 5.97 Å². The zero-order valence-corrected chi connectivity index (χ0v) is 12.4. The van der Waals surface area contributed by atoms with E-state index in [0.717, 1.165) is 13.1 Å². The number of ether oxygens (including phenoxy) is 1. The molecule has 0 aliphatic heterocycles. The molecule has 4 nitrogen and oxygen atoms in total. The van der Waals surface area contributed by atoms with E-state index < -0.39 is 0 Å². The van der Waals surface area contributed by atoms with Crippen LogP contribution in [0.1, 0.15) is 31.6 Å². The Morgan fingerprint density at radius 2 is 2.11 bits per heavy atom. The highest BCUT2D eigenvalue weighted by Gasteiger charge is 2.12. The number of likely N-dealkylation sites (N-methyl/N-ethyl adjacent to an activating group) is 1. The fourth-order valence-electron chi connectivity index (χ4n) is 1.71. The molecule has 19 heavy (non-hydrogen) atoms. The van der Waals surface area contributed by atoms with Gasteiger partial charge in [-0.25, -0.2) is 0 Å². The maximum absolute atomic E-state index is 11.8. The minimum Gasteiger partial charge on any atom is -0.466 e. The monoisotopic (exact) mass is 283 g/mol. The predicted molar refractivity (Wildman–Crippen MR) is 76.1 cm³/mol. The molecular weight excluding hydrogens is 262 g/mol. The van der Waals surface area contributed by atoms with E-state index in [1.165, 1.54) is 4.88 Å². The summed E-state index contributed by atoms with van der Waals surface area (Å²) < 4.78 is 4.81. The maximum Gasteiger partial charge on any atom is 0.306 e. The number of thiophene rings is 1. The average Bonchev–Trinajstić information content (AvgIpc) is 2.89. The Kier molecular flexibility index (Phi) is 7.36. The second kappa shape index (κ2) is 8.82. The van der Waals surface area contributed by atoms with Crippen molar-refractivity contribution in [2.24, 2.45) is 0 Å². The maximum atomic E-state index is 11.8. The van der Waals surface area contributed by atoms with Gasteiger partial charge in [0.05, 0.1) is 19.6 Å². The molecule has 0 spiro atoms. The van der Waals surface area contributed by atoms with E-state index in [9.17, 15) is 9.59 Å². The Balaban J connectivity index is 2.30. The lowest BCUT2D eigenvalue weighted by Gasteiger charge is -2.18. The summed E-state index contributed by atoms with van der Waals surface area (Å²) in [6, 6.07) is 4.08. The highest BCUT2D eigenvalue weighted by Crippen LogP contribution is 2.11. The highest BCUT2D eigenvalue weighted by atomic mass is 32.1. The molecule has 0 unspecified atom stereocenters. The lowest BCUT2D eigenvalue weighted by atomic mass is 10.2. The van der Waals surface area contributed by atoms with E-state index >= 15 is 0 Å². The van der Waals surface area contributed by atoms with Crippen LogP contribution in [0.25, 0.3) is 0 Å². The second-order valence-electron chi connectivity index (χ2n) is 4.23. The van der Waals surface area contributed by atoms with Gasteiger partial charge in [-0.3, -0.25) is 14.5 Å². The van der Waals surface area contributed by atoms with Crippen LogP contribution in [0.3, 0.4) is 0 Å². The number of ketones is 1. The summed E-state index contributed by atoms with van der Waals surface area (Å²) in [6.07, 6.45) is 0.447. The number of hydrogen-bond donors (Lipinski definition) is 0. The molecule has 1 rings (SSSR count). The summed E-state index contributed by atoms with van der Waals surface area (Å²) in [5, 5.41) is 2.03. The van der Waals surface area contributed by atoms with Crippen LogP contribution in [0.4, 0.5) is 0 Å². The van der Waals surface area contributed by atoms with Crippen molar-refractivity contribution in [1.29, 1.82) is 0 Å². The Morgan fingerprint density at radius 3 is 2.68 bits per heavy atom. The molecule has 0 N–H and O–H groups in total. The number of esters is 1. The van der Waals surface area contributed by atoms with Crippen LogP contribution < -0.4 is 0 Å². The summed E-state index contributed by atoms with van der Waals surface area (Å²) in [5.74, 6) is -0.205. The predicted octanol–water partition coefficient (Wildman–Crippen LogP) is 2.48. The zero-order chi connectivity index (χ0) is 14.1. The van der Waals surface area contributed by atoms with Crippen molar-refractivity contribution in [2.45, 2.75) is 33.2 Å². The van der Waals surface area contributed by atoms with Crippen LogP contribution in [0.15, 0.2) is 17.5 Å². The molecule has 0 amide bonds. The first-order chi connectivity index (χ1) is 9.15. The van der Waals surface area contributed by atoms with Crippen molar-refractivity contribution in [3.8, 4) is 0 Å². The molecule has 0 aliphatic rings. The zero-order valence-electron chi connectivity index (χ0n) is 11.6. The minimum absolute atomic E-state index is 0.0893. The van der Waals surface area contributed by atoms with Gasteiger partial charge in [-0.05, 0) is 24.9 Å². The molecule has 1 aromatic heterocycles. The van der Waals surface area contributed by atoms with Crippen LogP contribution >= 0.6 is 11.3 Å². The van der Waals surface area contributed by atoms with Crippen molar-refractivity contribution < 1.29 is 14.3 Å². The summed E-state index contributed by atoms with van der Waals surface area (Å²) >= 11 is 1.69. The molecule has 0 aromatic carbocycles.